The van der Waals surface area contributed by atoms with Gasteiger partial charge < -0.3 is 4.74 Å². The topological polar surface area (TPSA) is 26.3 Å². The Morgan fingerprint density at radius 3 is 2.47 bits per heavy atom. The van der Waals surface area contributed by atoms with Gasteiger partial charge in [-0.2, -0.15) is 13.2 Å². The van der Waals surface area contributed by atoms with Crippen molar-refractivity contribution in [1.29, 1.82) is 0 Å². The van der Waals surface area contributed by atoms with Crippen molar-refractivity contribution in [2.45, 2.75) is 39.0 Å². The van der Waals surface area contributed by atoms with Crippen LogP contribution in [0.1, 0.15) is 26.7 Å². The van der Waals surface area contributed by atoms with Gasteiger partial charge in [0.1, 0.15) is 0 Å². The Kier molecular flexibility index (Phi) is 4.25. The number of alkyl halides is 3. The number of halogens is 4. The summed E-state index contributed by atoms with van der Waals surface area (Å²) in [6.45, 7) is 3.16. The molecule has 0 bridgehead atoms. The number of hydrogen-bond donors (Lipinski definition) is 0. The smallest absolute Gasteiger partial charge is 0.416 e. The van der Waals surface area contributed by atoms with Crippen LogP contribution in [0.25, 0.3) is 0 Å². The quantitative estimate of drug-likeness (QED) is 0.714. The Hall–Kier alpha value is -0.970. The van der Waals surface area contributed by atoms with Crippen molar-refractivity contribution in [2.75, 3.05) is 0 Å². The summed E-state index contributed by atoms with van der Waals surface area (Å²) in [5.74, 6) is -0.923. The zero-order chi connectivity index (χ0) is 13.2. The fourth-order valence-electron chi connectivity index (χ4n) is 1.45. The minimum Gasteiger partial charge on any atom is -0.460 e. The van der Waals surface area contributed by atoms with Crippen LogP contribution in [-0.4, -0.2) is 18.2 Å². The first-order valence-electron chi connectivity index (χ1n) is 5.09. The molecule has 17 heavy (non-hydrogen) atoms. The highest BCUT2D eigenvalue weighted by Crippen LogP contribution is 2.37. The molecular formula is C11H12ClF3O2. The van der Waals surface area contributed by atoms with Gasteiger partial charge in [0.15, 0.2) is 0 Å². The second-order valence-electron chi connectivity index (χ2n) is 3.94. The Labute approximate surface area is 102 Å². The van der Waals surface area contributed by atoms with E-state index in [0.717, 1.165) is 6.08 Å². The van der Waals surface area contributed by atoms with Crippen molar-refractivity contribution in [3.63, 3.8) is 0 Å². The monoisotopic (exact) mass is 268 g/mol. The second-order valence-corrected chi connectivity index (χ2v) is 4.42. The largest absolute Gasteiger partial charge is 0.460 e. The summed E-state index contributed by atoms with van der Waals surface area (Å²) >= 11 is 5.57. The van der Waals surface area contributed by atoms with Gasteiger partial charge in [0.05, 0.1) is 11.7 Å². The van der Waals surface area contributed by atoms with Gasteiger partial charge >= 0.3 is 12.1 Å². The summed E-state index contributed by atoms with van der Waals surface area (Å²) in [7, 11) is 0. The Morgan fingerprint density at radius 2 is 2.00 bits per heavy atom. The molecule has 0 atom stereocenters. The van der Waals surface area contributed by atoms with Gasteiger partial charge in [-0.25, -0.2) is 4.79 Å². The minimum absolute atomic E-state index is 0.0459. The average molecular weight is 269 g/mol. The molecule has 1 aliphatic rings. The van der Waals surface area contributed by atoms with Crippen molar-refractivity contribution in [2.24, 2.45) is 0 Å². The van der Waals surface area contributed by atoms with Gasteiger partial charge in [0.25, 0.3) is 0 Å². The average Bonchev–Trinajstić information content (AvgIpc) is 2.14. The van der Waals surface area contributed by atoms with Crippen LogP contribution in [0.15, 0.2) is 22.3 Å². The van der Waals surface area contributed by atoms with Gasteiger partial charge in [-0.05, 0) is 32.8 Å². The van der Waals surface area contributed by atoms with Crippen molar-refractivity contribution in [3.8, 4) is 0 Å². The molecule has 0 aliphatic heterocycles. The number of carbonyl (C=O) groups excluding carboxylic acids is 1. The lowest BCUT2D eigenvalue weighted by atomic mass is 9.97. The maximum Gasteiger partial charge on any atom is 0.416 e. The molecule has 0 aromatic carbocycles. The minimum atomic E-state index is -4.59. The summed E-state index contributed by atoms with van der Waals surface area (Å²) in [6, 6.07) is 0. The third kappa shape index (κ3) is 3.77. The van der Waals surface area contributed by atoms with E-state index in [1.165, 1.54) is 0 Å². The number of rotatable bonds is 2. The molecule has 0 amide bonds. The number of allylic oxidation sites excluding steroid dienone is 3. The van der Waals surface area contributed by atoms with Crippen LogP contribution in [0.2, 0.25) is 0 Å². The number of hydrogen-bond acceptors (Lipinski definition) is 2. The number of esters is 1. The van der Waals surface area contributed by atoms with E-state index in [9.17, 15) is 18.0 Å². The number of carbonyl (C=O) groups is 1. The Bertz CT molecular complexity index is 381. The van der Waals surface area contributed by atoms with E-state index in [1.807, 2.05) is 0 Å². The number of ether oxygens (including phenoxy) is 1. The predicted molar refractivity (Wildman–Crippen MR) is 57.5 cm³/mol. The van der Waals surface area contributed by atoms with Crippen molar-refractivity contribution >= 4 is 17.6 Å². The van der Waals surface area contributed by atoms with E-state index in [2.05, 4.69) is 0 Å². The fraction of sp³-hybridized carbons (Fsp3) is 0.545. The summed E-state index contributed by atoms with van der Waals surface area (Å²) in [6.07, 6.45) is -4.07. The molecule has 0 spiro atoms. The molecule has 2 nitrogen and oxygen atoms in total. The molecule has 0 saturated carbocycles. The van der Waals surface area contributed by atoms with E-state index >= 15 is 0 Å². The SMILES string of the molecule is CC(C)OC(=O)C1=C(C(F)(F)F)C=C(Cl)CC1. The normalized spacial score (nSPS) is 17.2. The first kappa shape index (κ1) is 14.1. The Morgan fingerprint density at radius 1 is 1.41 bits per heavy atom. The second kappa shape index (κ2) is 5.12. The van der Waals surface area contributed by atoms with Crippen molar-refractivity contribution in [1.82, 2.24) is 0 Å². The zero-order valence-electron chi connectivity index (χ0n) is 9.40. The van der Waals surface area contributed by atoms with Crippen LogP contribution in [0.3, 0.4) is 0 Å². The Balaban J connectivity index is 3.10. The molecule has 0 heterocycles. The van der Waals surface area contributed by atoms with Gasteiger partial charge in [0.2, 0.25) is 0 Å². The van der Waals surface area contributed by atoms with Crippen LogP contribution in [0, 0.1) is 0 Å². The molecule has 6 heteroatoms. The van der Waals surface area contributed by atoms with Gasteiger partial charge in [0, 0.05) is 10.6 Å². The lowest BCUT2D eigenvalue weighted by Gasteiger charge is -2.19. The molecule has 0 aromatic heterocycles. The molecule has 96 valence electrons. The highest BCUT2D eigenvalue weighted by molar-refractivity contribution is 6.30. The molecule has 1 aliphatic carbocycles. The van der Waals surface area contributed by atoms with Crippen LogP contribution < -0.4 is 0 Å². The van der Waals surface area contributed by atoms with E-state index in [1.54, 1.807) is 13.8 Å². The highest BCUT2D eigenvalue weighted by Gasteiger charge is 2.38. The molecule has 0 aromatic rings. The molecule has 0 saturated heterocycles. The third-order valence-electron chi connectivity index (χ3n) is 2.13. The van der Waals surface area contributed by atoms with Crippen LogP contribution in [-0.2, 0) is 9.53 Å². The lowest BCUT2D eigenvalue weighted by Crippen LogP contribution is -2.22. The van der Waals surface area contributed by atoms with Crippen LogP contribution in [0.5, 0.6) is 0 Å². The molecule has 0 N–H and O–H groups in total. The molecule has 0 radical (unpaired) electrons. The molecule has 1 rings (SSSR count). The van der Waals surface area contributed by atoms with Crippen molar-refractivity contribution in [3.05, 3.63) is 22.3 Å². The fourth-order valence-corrected chi connectivity index (χ4v) is 1.65. The summed E-state index contributed by atoms with van der Waals surface area (Å²) in [5, 5.41) is 0.0958. The van der Waals surface area contributed by atoms with E-state index in [4.69, 9.17) is 16.3 Å². The van der Waals surface area contributed by atoms with E-state index in [0.29, 0.717) is 0 Å². The van der Waals surface area contributed by atoms with E-state index in [-0.39, 0.29) is 23.4 Å². The maximum atomic E-state index is 12.7. The standard InChI is InChI=1S/C11H12ClF3O2/c1-6(2)17-10(16)8-4-3-7(12)5-9(8)11(13,14)15/h5-6H,3-4H2,1-2H3. The zero-order valence-corrected chi connectivity index (χ0v) is 10.2. The highest BCUT2D eigenvalue weighted by atomic mass is 35.5. The molecule has 0 fully saturated rings. The van der Waals surface area contributed by atoms with Gasteiger partial charge in [-0.15, -0.1) is 0 Å². The van der Waals surface area contributed by atoms with Crippen LogP contribution >= 0.6 is 11.6 Å². The predicted octanol–water partition coefficient (Wildman–Crippen LogP) is 3.71. The van der Waals surface area contributed by atoms with Gasteiger partial charge in [-0.1, -0.05) is 11.6 Å². The van der Waals surface area contributed by atoms with Crippen molar-refractivity contribution < 1.29 is 22.7 Å². The van der Waals surface area contributed by atoms with Crippen LogP contribution in [0.4, 0.5) is 13.2 Å². The first-order valence-corrected chi connectivity index (χ1v) is 5.47. The molecular weight excluding hydrogens is 257 g/mol. The first-order chi connectivity index (χ1) is 7.71. The van der Waals surface area contributed by atoms with E-state index < -0.39 is 23.8 Å². The lowest BCUT2D eigenvalue weighted by molar-refractivity contribution is -0.144. The third-order valence-corrected chi connectivity index (χ3v) is 2.43. The van der Waals surface area contributed by atoms with Gasteiger partial charge in [-0.3, -0.25) is 0 Å². The molecule has 0 unspecified atom stereocenters. The maximum absolute atomic E-state index is 12.7. The summed E-state index contributed by atoms with van der Waals surface area (Å²) in [4.78, 5) is 11.5. The summed E-state index contributed by atoms with van der Waals surface area (Å²) < 4.78 is 42.9. The summed E-state index contributed by atoms with van der Waals surface area (Å²) in [5.41, 5.74) is -1.35.